The molecule has 0 aliphatic heterocycles. The molecule has 1 amide bonds. The minimum atomic E-state index is -0.389. The van der Waals surface area contributed by atoms with Crippen LogP contribution in [0.4, 0.5) is 11.4 Å². The van der Waals surface area contributed by atoms with E-state index in [2.05, 4.69) is 20.3 Å². The van der Waals surface area contributed by atoms with Crippen LogP contribution < -0.4 is 11.1 Å². The zero-order valence-corrected chi connectivity index (χ0v) is 13.8. The molecule has 9 heteroatoms. The predicted molar refractivity (Wildman–Crippen MR) is 92.0 cm³/mol. The highest BCUT2D eigenvalue weighted by Crippen LogP contribution is 2.31. The Balaban J connectivity index is 1.81. The second-order valence-electron chi connectivity index (χ2n) is 4.42. The summed E-state index contributed by atoms with van der Waals surface area (Å²) < 4.78 is 0. The van der Waals surface area contributed by atoms with Crippen molar-refractivity contribution < 1.29 is 4.79 Å². The number of amides is 1. The number of carbonyl (C=O) groups excluding carboxylic acids is 1. The number of nitrogens with zero attached hydrogens (tertiary/aromatic N) is 3. The van der Waals surface area contributed by atoms with Gasteiger partial charge in [0.1, 0.15) is 5.69 Å². The molecule has 1 aromatic carbocycles. The van der Waals surface area contributed by atoms with Crippen LogP contribution in [-0.2, 0) is 0 Å². The van der Waals surface area contributed by atoms with E-state index in [1.54, 1.807) is 23.8 Å². The Kier molecular flexibility index (Phi) is 4.42. The highest BCUT2D eigenvalue weighted by Gasteiger charge is 2.14. The van der Waals surface area contributed by atoms with Crippen LogP contribution >= 0.6 is 34.5 Å². The van der Waals surface area contributed by atoms with Gasteiger partial charge in [0, 0.05) is 23.5 Å². The standard InChI is InChI=1S/C14H9Cl2N5OS/c15-8-4-7(5-9(16)11(8)17)20-13(22)10-6-23-14(21-10)12-18-2-1-3-19-12/h1-6H,17H2,(H,20,22). The highest BCUT2D eigenvalue weighted by molar-refractivity contribution is 7.13. The lowest BCUT2D eigenvalue weighted by Gasteiger charge is -2.07. The molecule has 0 radical (unpaired) electrons. The van der Waals surface area contributed by atoms with E-state index in [1.165, 1.54) is 23.5 Å². The second kappa shape index (κ2) is 6.49. The highest BCUT2D eigenvalue weighted by atomic mass is 35.5. The molecule has 3 rings (SSSR count). The largest absolute Gasteiger partial charge is 0.396 e. The number of nitrogens with two attached hydrogens (primary N) is 1. The van der Waals surface area contributed by atoms with Crippen LogP contribution in [0.5, 0.6) is 0 Å². The van der Waals surface area contributed by atoms with E-state index >= 15 is 0 Å². The second-order valence-corrected chi connectivity index (χ2v) is 6.09. The van der Waals surface area contributed by atoms with Crippen LogP contribution in [0.2, 0.25) is 10.0 Å². The van der Waals surface area contributed by atoms with Gasteiger partial charge < -0.3 is 11.1 Å². The molecule has 6 nitrogen and oxygen atoms in total. The molecular formula is C14H9Cl2N5OS. The summed E-state index contributed by atoms with van der Waals surface area (Å²) >= 11 is 13.2. The summed E-state index contributed by atoms with van der Waals surface area (Å²) in [5.74, 6) is 0.0791. The van der Waals surface area contributed by atoms with Crippen molar-refractivity contribution in [3.63, 3.8) is 0 Å². The molecule has 116 valence electrons. The fourth-order valence-corrected chi connectivity index (χ4v) is 2.97. The number of anilines is 2. The number of benzene rings is 1. The van der Waals surface area contributed by atoms with Crippen molar-refractivity contribution in [3.05, 3.63) is 51.7 Å². The van der Waals surface area contributed by atoms with Gasteiger partial charge in [-0.15, -0.1) is 11.3 Å². The first kappa shape index (κ1) is 15.7. The first-order valence-electron chi connectivity index (χ1n) is 6.33. The van der Waals surface area contributed by atoms with Crippen molar-refractivity contribution in [2.24, 2.45) is 0 Å². The molecular weight excluding hydrogens is 357 g/mol. The summed E-state index contributed by atoms with van der Waals surface area (Å²) in [5.41, 5.74) is 6.61. The third kappa shape index (κ3) is 3.42. The van der Waals surface area contributed by atoms with Gasteiger partial charge in [0.25, 0.3) is 5.91 Å². The lowest BCUT2D eigenvalue weighted by Crippen LogP contribution is -2.12. The van der Waals surface area contributed by atoms with Crippen molar-refractivity contribution in [1.82, 2.24) is 15.0 Å². The first-order valence-corrected chi connectivity index (χ1v) is 7.97. The number of nitrogens with one attached hydrogen (secondary N) is 1. The predicted octanol–water partition coefficient (Wildman–Crippen LogP) is 3.74. The average Bonchev–Trinajstić information content (AvgIpc) is 3.03. The summed E-state index contributed by atoms with van der Waals surface area (Å²) in [7, 11) is 0. The number of rotatable bonds is 3. The van der Waals surface area contributed by atoms with E-state index in [4.69, 9.17) is 28.9 Å². The van der Waals surface area contributed by atoms with E-state index in [0.717, 1.165) is 0 Å². The zero-order valence-electron chi connectivity index (χ0n) is 11.5. The molecule has 3 aromatic rings. The molecule has 23 heavy (non-hydrogen) atoms. The molecule has 0 fully saturated rings. The van der Waals surface area contributed by atoms with Crippen LogP contribution in [-0.4, -0.2) is 20.9 Å². The molecule has 0 spiro atoms. The van der Waals surface area contributed by atoms with E-state index in [0.29, 0.717) is 16.5 Å². The third-order valence-corrected chi connectivity index (χ3v) is 4.29. The van der Waals surface area contributed by atoms with Crippen molar-refractivity contribution in [2.45, 2.75) is 0 Å². The normalized spacial score (nSPS) is 10.5. The van der Waals surface area contributed by atoms with Crippen molar-refractivity contribution in [2.75, 3.05) is 11.1 Å². The minimum absolute atomic E-state index is 0.251. The number of hydrogen-bond donors (Lipinski definition) is 2. The van der Waals surface area contributed by atoms with Gasteiger partial charge in [0.15, 0.2) is 10.8 Å². The van der Waals surface area contributed by atoms with Gasteiger partial charge in [0.2, 0.25) is 0 Å². The number of aromatic nitrogens is 3. The summed E-state index contributed by atoms with van der Waals surface area (Å²) in [6.45, 7) is 0. The van der Waals surface area contributed by atoms with Gasteiger partial charge in [0.05, 0.1) is 15.7 Å². The molecule has 0 aliphatic rings. The van der Waals surface area contributed by atoms with Gasteiger partial charge in [-0.05, 0) is 18.2 Å². The maximum Gasteiger partial charge on any atom is 0.275 e. The maximum atomic E-state index is 12.2. The Bertz CT molecular complexity index is 846. The van der Waals surface area contributed by atoms with Gasteiger partial charge in [-0.25, -0.2) is 15.0 Å². The van der Waals surface area contributed by atoms with Crippen LogP contribution in [0.15, 0.2) is 36.0 Å². The molecule has 0 atom stereocenters. The lowest BCUT2D eigenvalue weighted by atomic mass is 10.2. The number of hydrogen-bond acceptors (Lipinski definition) is 6. The van der Waals surface area contributed by atoms with Crippen molar-refractivity contribution in [1.29, 1.82) is 0 Å². The van der Waals surface area contributed by atoms with Crippen LogP contribution in [0.1, 0.15) is 10.5 Å². The first-order chi connectivity index (χ1) is 11.0. The van der Waals surface area contributed by atoms with Crippen LogP contribution in [0.3, 0.4) is 0 Å². The Labute approximate surface area is 145 Å². The van der Waals surface area contributed by atoms with Crippen molar-refractivity contribution in [3.8, 4) is 10.8 Å². The Hall–Kier alpha value is -2.22. The molecule has 0 saturated carbocycles. The summed E-state index contributed by atoms with van der Waals surface area (Å²) in [6, 6.07) is 4.75. The number of carbonyl (C=O) groups is 1. The SMILES string of the molecule is Nc1c(Cl)cc(NC(=O)c2csc(-c3ncccn3)n2)cc1Cl. The van der Waals surface area contributed by atoms with Crippen molar-refractivity contribution >= 4 is 51.8 Å². The number of thiazole rings is 1. The topological polar surface area (TPSA) is 93.8 Å². The maximum absolute atomic E-state index is 12.2. The van der Waals surface area contributed by atoms with E-state index in [-0.39, 0.29) is 27.3 Å². The van der Waals surface area contributed by atoms with Crippen LogP contribution in [0.25, 0.3) is 10.8 Å². The molecule has 0 bridgehead atoms. The average molecular weight is 366 g/mol. The van der Waals surface area contributed by atoms with Gasteiger partial charge in [-0.3, -0.25) is 4.79 Å². The van der Waals surface area contributed by atoms with Crippen LogP contribution in [0, 0.1) is 0 Å². The van der Waals surface area contributed by atoms with E-state index in [1.807, 2.05) is 0 Å². The monoisotopic (exact) mass is 365 g/mol. The van der Waals surface area contributed by atoms with Gasteiger partial charge in [-0.1, -0.05) is 23.2 Å². The fourth-order valence-electron chi connectivity index (χ4n) is 1.74. The van der Waals surface area contributed by atoms with Gasteiger partial charge >= 0.3 is 0 Å². The fraction of sp³-hybridized carbons (Fsp3) is 0. The number of halogens is 2. The Morgan fingerprint density at radius 3 is 2.48 bits per heavy atom. The summed E-state index contributed by atoms with van der Waals surface area (Å²) in [4.78, 5) is 24.7. The smallest absolute Gasteiger partial charge is 0.275 e. The molecule has 3 N–H and O–H groups in total. The molecule has 0 saturated heterocycles. The van der Waals surface area contributed by atoms with E-state index in [9.17, 15) is 4.79 Å². The molecule has 2 aromatic heterocycles. The molecule has 0 unspecified atom stereocenters. The Morgan fingerprint density at radius 1 is 1.17 bits per heavy atom. The quantitative estimate of drug-likeness (QED) is 0.689. The van der Waals surface area contributed by atoms with Gasteiger partial charge in [-0.2, -0.15) is 0 Å². The minimum Gasteiger partial charge on any atom is -0.396 e. The molecule has 2 heterocycles. The lowest BCUT2D eigenvalue weighted by molar-refractivity contribution is 0.102. The zero-order chi connectivity index (χ0) is 16.4. The summed E-state index contributed by atoms with van der Waals surface area (Å²) in [6.07, 6.45) is 3.23. The van der Waals surface area contributed by atoms with E-state index < -0.39 is 0 Å². The molecule has 0 aliphatic carbocycles. The number of nitrogen functional groups attached to an aromatic ring is 1. The third-order valence-electron chi connectivity index (χ3n) is 2.83. The Morgan fingerprint density at radius 2 is 1.83 bits per heavy atom. The summed E-state index contributed by atoms with van der Waals surface area (Å²) in [5, 5.41) is 5.39.